The Bertz CT molecular complexity index is 89.1. The van der Waals surface area contributed by atoms with E-state index in [4.69, 9.17) is 5.73 Å². The van der Waals surface area contributed by atoms with Crippen LogP contribution in [0.1, 0.15) is 20.3 Å². The van der Waals surface area contributed by atoms with Crippen molar-refractivity contribution in [1.82, 2.24) is 5.32 Å². The number of hydrogen-bond donors (Lipinski definition) is 2. The summed E-state index contributed by atoms with van der Waals surface area (Å²) >= 11 is 0. The van der Waals surface area contributed by atoms with E-state index in [1.54, 1.807) is 0 Å². The molecule has 0 aromatic heterocycles. The molecule has 0 spiro atoms. The minimum absolute atomic E-state index is 0.00713. The Morgan fingerprint density at radius 1 is 1.78 bits per heavy atom. The molecule has 3 N–H and O–H groups in total. The third-order valence-electron chi connectivity index (χ3n) is 1.18. The van der Waals surface area contributed by atoms with Crippen LogP contribution in [0.15, 0.2) is 0 Å². The van der Waals surface area contributed by atoms with Gasteiger partial charge in [-0.05, 0) is 6.42 Å². The average molecular weight is 130 g/mol. The summed E-state index contributed by atoms with van der Waals surface area (Å²) in [5.74, 6) is -0.00713. The number of carbonyl (C=O) groups excluding carboxylic acids is 1. The SMILES string of the molecule is CCC(CN)NC(C)=O. The Hall–Kier alpha value is -0.570. The zero-order valence-electron chi connectivity index (χ0n) is 5.98. The molecule has 1 amide bonds. The molecular formula is C6H14N2O. The van der Waals surface area contributed by atoms with Crippen LogP contribution >= 0.6 is 0 Å². The van der Waals surface area contributed by atoms with Crippen LogP contribution in [0.2, 0.25) is 0 Å². The second kappa shape index (κ2) is 4.32. The van der Waals surface area contributed by atoms with E-state index < -0.39 is 0 Å². The van der Waals surface area contributed by atoms with Gasteiger partial charge in [0.05, 0.1) is 0 Å². The number of rotatable bonds is 3. The van der Waals surface area contributed by atoms with Crippen LogP contribution in [0.25, 0.3) is 0 Å². The molecule has 0 heterocycles. The fraction of sp³-hybridized carbons (Fsp3) is 0.833. The quantitative estimate of drug-likeness (QED) is 0.558. The third kappa shape index (κ3) is 3.97. The van der Waals surface area contributed by atoms with E-state index in [1.807, 2.05) is 6.92 Å². The van der Waals surface area contributed by atoms with Gasteiger partial charge >= 0.3 is 0 Å². The van der Waals surface area contributed by atoms with Crippen LogP contribution in [0.3, 0.4) is 0 Å². The minimum Gasteiger partial charge on any atom is -0.352 e. The van der Waals surface area contributed by atoms with Gasteiger partial charge in [-0.3, -0.25) is 4.79 Å². The van der Waals surface area contributed by atoms with Gasteiger partial charge in [0.15, 0.2) is 0 Å². The fourth-order valence-corrected chi connectivity index (χ4v) is 0.615. The van der Waals surface area contributed by atoms with Crippen LogP contribution in [0.4, 0.5) is 0 Å². The lowest BCUT2D eigenvalue weighted by atomic mass is 10.2. The molecule has 1 unspecified atom stereocenters. The van der Waals surface area contributed by atoms with Crippen LogP contribution in [0.5, 0.6) is 0 Å². The predicted octanol–water partition coefficient (Wildman–Crippen LogP) is -0.140. The largest absolute Gasteiger partial charge is 0.352 e. The molecule has 54 valence electrons. The van der Waals surface area contributed by atoms with Gasteiger partial charge in [0, 0.05) is 19.5 Å². The van der Waals surface area contributed by atoms with E-state index in [1.165, 1.54) is 6.92 Å². The molecule has 0 aliphatic rings. The Morgan fingerprint density at radius 2 is 2.33 bits per heavy atom. The summed E-state index contributed by atoms with van der Waals surface area (Å²) in [5.41, 5.74) is 5.32. The van der Waals surface area contributed by atoms with Crippen molar-refractivity contribution in [1.29, 1.82) is 0 Å². The maximum atomic E-state index is 10.4. The lowest BCUT2D eigenvalue weighted by Gasteiger charge is -2.11. The number of nitrogens with two attached hydrogens (primary N) is 1. The Morgan fingerprint density at radius 3 is 2.44 bits per heavy atom. The van der Waals surface area contributed by atoms with Crippen molar-refractivity contribution in [2.24, 2.45) is 5.73 Å². The molecule has 0 radical (unpaired) electrons. The first-order valence-corrected chi connectivity index (χ1v) is 3.17. The lowest BCUT2D eigenvalue weighted by Crippen LogP contribution is -2.38. The summed E-state index contributed by atoms with van der Waals surface area (Å²) in [5, 5.41) is 2.72. The molecule has 0 aromatic rings. The number of nitrogens with one attached hydrogen (secondary N) is 1. The predicted molar refractivity (Wildman–Crippen MR) is 37.0 cm³/mol. The molecule has 0 aliphatic heterocycles. The summed E-state index contributed by atoms with van der Waals surface area (Å²) in [7, 11) is 0. The maximum absolute atomic E-state index is 10.4. The maximum Gasteiger partial charge on any atom is 0.217 e. The molecular weight excluding hydrogens is 116 g/mol. The lowest BCUT2D eigenvalue weighted by molar-refractivity contribution is -0.119. The highest BCUT2D eigenvalue weighted by atomic mass is 16.1. The number of carbonyl (C=O) groups is 1. The second-order valence-electron chi connectivity index (χ2n) is 2.04. The topological polar surface area (TPSA) is 55.1 Å². The number of amides is 1. The van der Waals surface area contributed by atoms with Gasteiger partial charge < -0.3 is 11.1 Å². The molecule has 0 saturated carbocycles. The Kier molecular flexibility index (Phi) is 4.05. The van der Waals surface area contributed by atoms with Crippen molar-refractivity contribution in [2.45, 2.75) is 26.3 Å². The fourth-order valence-electron chi connectivity index (χ4n) is 0.615. The molecule has 0 aromatic carbocycles. The van der Waals surface area contributed by atoms with Gasteiger partial charge in [0.2, 0.25) is 5.91 Å². The average Bonchev–Trinajstić information content (AvgIpc) is 1.82. The van der Waals surface area contributed by atoms with Crippen molar-refractivity contribution >= 4 is 5.91 Å². The van der Waals surface area contributed by atoms with Crippen molar-refractivity contribution in [3.63, 3.8) is 0 Å². The van der Waals surface area contributed by atoms with Gasteiger partial charge in [-0.15, -0.1) is 0 Å². The standard InChI is InChI=1S/C6H14N2O/c1-3-6(4-7)8-5(2)9/h6H,3-4,7H2,1-2H3,(H,8,9). The summed E-state index contributed by atoms with van der Waals surface area (Å²) < 4.78 is 0. The van der Waals surface area contributed by atoms with Crippen LogP contribution in [0, 0.1) is 0 Å². The third-order valence-corrected chi connectivity index (χ3v) is 1.18. The first-order valence-electron chi connectivity index (χ1n) is 3.17. The molecule has 0 rings (SSSR count). The van der Waals surface area contributed by atoms with Crippen molar-refractivity contribution in [3.05, 3.63) is 0 Å². The molecule has 1 atom stereocenters. The zero-order chi connectivity index (χ0) is 7.28. The summed E-state index contributed by atoms with van der Waals surface area (Å²) in [6, 6.07) is 0.155. The number of hydrogen-bond acceptors (Lipinski definition) is 2. The van der Waals surface area contributed by atoms with Gasteiger partial charge in [0.25, 0.3) is 0 Å². The Balaban J connectivity index is 3.43. The van der Waals surface area contributed by atoms with Crippen molar-refractivity contribution < 1.29 is 4.79 Å². The van der Waals surface area contributed by atoms with E-state index >= 15 is 0 Å². The van der Waals surface area contributed by atoms with Gasteiger partial charge in [-0.2, -0.15) is 0 Å². The molecule has 0 fully saturated rings. The molecule has 9 heavy (non-hydrogen) atoms. The van der Waals surface area contributed by atoms with E-state index in [0.29, 0.717) is 6.54 Å². The molecule has 0 saturated heterocycles. The highest BCUT2D eigenvalue weighted by molar-refractivity contribution is 5.73. The van der Waals surface area contributed by atoms with Gasteiger partial charge in [-0.1, -0.05) is 6.92 Å². The van der Waals surface area contributed by atoms with E-state index in [0.717, 1.165) is 6.42 Å². The first kappa shape index (κ1) is 8.43. The van der Waals surface area contributed by atoms with E-state index in [-0.39, 0.29) is 11.9 Å². The van der Waals surface area contributed by atoms with Gasteiger partial charge in [-0.25, -0.2) is 0 Å². The van der Waals surface area contributed by atoms with E-state index in [2.05, 4.69) is 5.32 Å². The van der Waals surface area contributed by atoms with Crippen molar-refractivity contribution in [3.8, 4) is 0 Å². The summed E-state index contributed by atoms with van der Waals surface area (Å²) in [6.45, 7) is 4.02. The van der Waals surface area contributed by atoms with Crippen LogP contribution < -0.4 is 11.1 Å². The minimum atomic E-state index is -0.00713. The molecule has 3 heteroatoms. The van der Waals surface area contributed by atoms with Crippen molar-refractivity contribution in [2.75, 3.05) is 6.54 Å². The normalized spacial score (nSPS) is 12.8. The monoisotopic (exact) mass is 130 g/mol. The van der Waals surface area contributed by atoms with E-state index in [9.17, 15) is 4.79 Å². The summed E-state index contributed by atoms with van der Waals surface area (Å²) in [6.07, 6.45) is 0.899. The zero-order valence-corrected chi connectivity index (χ0v) is 5.98. The smallest absolute Gasteiger partial charge is 0.217 e. The molecule has 3 nitrogen and oxygen atoms in total. The van der Waals surface area contributed by atoms with Crippen LogP contribution in [-0.2, 0) is 4.79 Å². The Labute approximate surface area is 55.6 Å². The molecule has 0 aliphatic carbocycles. The highest BCUT2D eigenvalue weighted by Crippen LogP contribution is 1.85. The first-order chi connectivity index (χ1) is 4.20. The molecule has 0 bridgehead atoms. The summed E-state index contributed by atoms with van der Waals surface area (Å²) in [4.78, 5) is 10.4. The van der Waals surface area contributed by atoms with Gasteiger partial charge in [0.1, 0.15) is 0 Å². The second-order valence-corrected chi connectivity index (χ2v) is 2.04. The van der Waals surface area contributed by atoms with Crippen LogP contribution in [-0.4, -0.2) is 18.5 Å². The highest BCUT2D eigenvalue weighted by Gasteiger charge is 2.02.